The molecule has 0 amide bonds. The Hall–Kier alpha value is -9.09. The molecule has 10 aromatic carbocycles. The monoisotopic (exact) mass is 1170 g/mol. The van der Waals surface area contributed by atoms with Crippen molar-refractivity contribution in [3.8, 4) is 78.9 Å². The normalized spacial score (nSPS) is 12.9. The number of imidazole rings is 1. The van der Waals surface area contributed by atoms with E-state index in [1.165, 1.54) is 5.56 Å². The van der Waals surface area contributed by atoms with Crippen molar-refractivity contribution in [1.82, 2.24) is 18.7 Å². The van der Waals surface area contributed by atoms with Crippen LogP contribution in [0.1, 0.15) is 33.2 Å². The standard InChI is InChI=1S/C70H47N5O.Pt/c1-70(2,3)46-39-40-71-66(41-46)75-62-34-14-11-27-55(62)56-38-37-49(43-65(56)75)76-48-22-15-21-47(42-48)72-44-73-68-58(30-17-36-64(68)74-60-32-12-9-25-53(60)54-26-10-13-33-61(54)74)52-24-8-7-23-51(52)57-29-16-28-50(45-19-5-4-6-20-45)67(57)59-31-18-35-63(72)69(59)73;/h4-41H,1-3H3;/q-2;/i4D,5D,6D,19D,20D;. The summed E-state index contributed by atoms with van der Waals surface area (Å²) in [6.07, 6.45) is 5.77. The summed E-state index contributed by atoms with van der Waals surface area (Å²) in [5, 5.41) is 4.36. The molecule has 14 aromatic rings. The second-order valence-corrected chi connectivity index (χ2v) is 20.4. The molecule has 0 fully saturated rings. The van der Waals surface area contributed by atoms with Crippen LogP contribution in [0, 0.1) is 18.5 Å². The second-order valence-electron chi connectivity index (χ2n) is 20.4. The first kappa shape index (κ1) is 41.2. The van der Waals surface area contributed by atoms with E-state index in [1.807, 2.05) is 71.4 Å². The number of rotatable bonds is 6. The van der Waals surface area contributed by atoms with Crippen LogP contribution in [0.4, 0.5) is 0 Å². The van der Waals surface area contributed by atoms with Gasteiger partial charge in [-0.3, -0.25) is 4.57 Å². The number of nitrogens with zero attached hydrogens (tertiary/aromatic N) is 5. The molecule has 6 nitrogen and oxygen atoms in total. The molecule has 15 rings (SSSR count). The van der Waals surface area contributed by atoms with Gasteiger partial charge in [-0.25, -0.2) is 4.98 Å². The van der Waals surface area contributed by atoms with Crippen molar-refractivity contribution in [2.45, 2.75) is 26.2 Å². The molecule has 0 radical (unpaired) electrons. The van der Waals surface area contributed by atoms with Gasteiger partial charge in [0.2, 0.25) is 0 Å². The van der Waals surface area contributed by atoms with Crippen LogP contribution in [0.3, 0.4) is 0 Å². The van der Waals surface area contributed by atoms with Crippen molar-refractivity contribution in [1.29, 1.82) is 0 Å². The van der Waals surface area contributed by atoms with Crippen LogP contribution in [-0.4, -0.2) is 18.7 Å². The zero-order chi connectivity index (χ0) is 55.0. The number of fused-ring (bicyclic) bond motifs is 13. The van der Waals surface area contributed by atoms with Gasteiger partial charge in [0, 0.05) is 55.1 Å². The molecule has 0 aliphatic carbocycles. The van der Waals surface area contributed by atoms with Crippen LogP contribution < -0.4 is 9.30 Å². The Morgan fingerprint density at radius 2 is 1.10 bits per heavy atom. The molecule has 0 bridgehead atoms. The minimum atomic E-state index is -0.447. The number of hydrogen-bond donors (Lipinski definition) is 0. The van der Waals surface area contributed by atoms with Crippen molar-refractivity contribution in [2.75, 3.05) is 0 Å². The number of pyridine rings is 1. The van der Waals surface area contributed by atoms with Gasteiger partial charge in [-0.15, -0.1) is 29.7 Å². The van der Waals surface area contributed by atoms with Gasteiger partial charge in [0.1, 0.15) is 5.82 Å². The summed E-state index contributed by atoms with van der Waals surface area (Å²) in [5.41, 5.74) is 14.7. The number of para-hydroxylation sites is 5. The van der Waals surface area contributed by atoms with Gasteiger partial charge in [0.25, 0.3) is 6.33 Å². The zero-order valence-corrected chi connectivity index (χ0v) is 44.3. The van der Waals surface area contributed by atoms with Crippen molar-refractivity contribution in [3.63, 3.8) is 0 Å². The van der Waals surface area contributed by atoms with Gasteiger partial charge in [0.15, 0.2) is 0 Å². The maximum atomic E-state index is 9.36. The summed E-state index contributed by atoms with van der Waals surface area (Å²) in [6, 6.07) is 71.7. The molecule has 0 saturated heterocycles. The fourth-order valence-electron chi connectivity index (χ4n) is 11.6. The molecular formula is C70H47N5OPt-2. The molecule has 0 atom stereocenters. The predicted octanol–water partition coefficient (Wildman–Crippen LogP) is 17.0. The summed E-state index contributed by atoms with van der Waals surface area (Å²) in [5.74, 6) is 1.77. The van der Waals surface area contributed by atoms with Gasteiger partial charge in [-0.2, -0.15) is 18.2 Å². The molecule has 1 aliphatic heterocycles. The Labute approximate surface area is 467 Å². The first-order valence-corrected chi connectivity index (χ1v) is 25.5. The van der Waals surface area contributed by atoms with Gasteiger partial charge in [-0.1, -0.05) is 184 Å². The third-order valence-electron chi connectivity index (χ3n) is 15.0. The maximum absolute atomic E-state index is 9.36. The molecule has 0 unspecified atom stereocenters. The molecule has 5 heterocycles. The zero-order valence-electron chi connectivity index (χ0n) is 47.0. The predicted molar refractivity (Wildman–Crippen MR) is 308 cm³/mol. The van der Waals surface area contributed by atoms with E-state index in [0.717, 1.165) is 99.7 Å². The van der Waals surface area contributed by atoms with Crippen LogP contribution in [0.15, 0.2) is 231 Å². The molecule has 77 heavy (non-hydrogen) atoms. The van der Waals surface area contributed by atoms with Crippen molar-refractivity contribution in [2.24, 2.45) is 0 Å². The Balaban J connectivity index is 0.00000602. The van der Waals surface area contributed by atoms with Crippen LogP contribution in [0.2, 0.25) is 0 Å². The van der Waals surface area contributed by atoms with Crippen molar-refractivity contribution >= 4 is 54.6 Å². The number of ether oxygens (including phenoxy) is 1. The molecule has 370 valence electrons. The first-order valence-electron chi connectivity index (χ1n) is 28.0. The largest absolute Gasteiger partial charge is 0.510 e. The maximum Gasteiger partial charge on any atom is 0.268 e. The molecule has 7 heteroatoms. The quantitative estimate of drug-likeness (QED) is 0.123. The number of aromatic nitrogens is 5. The second kappa shape index (κ2) is 18.0. The number of benzene rings is 10. The minimum Gasteiger partial charge on any atom is -0.510 e. The van der Waals surface area contributed by atoms with Crippen molar-refractivity contribution in [3.05, 3.63) is 255 Å². The van der Waals surface area contributed by atoms with Gasteiger partial charge in [-0.05, 0) is 103 Å². The topological polar surface area (TPSA) is 40.8 Å². The molecule has 0 spiro atoms. The van der Waals surface area contributed by atoms with Crippen LogP contribution in [0.5, 0.6) is 11.5 Å². The molecule has 0 N–H and O–H groups in total. The van der Waals surface area contributed by atoms with Gasteiger partial charge < -0.3 is 18.4 Å². The van der Waals surface area contributed by atoms with E-state index in [0.29, 0.717) is 28.3 Å². The van der Waals surface area contributed by atoms with E-state index < -0.39 is 18.1 Å². The Morgan fingerprint density at radius 3 is 1.86 bits per heavy atom. The Kier molecular flexibility index (Phi) is 9.65. The van der Waals surface area contributed by atoms with Crippen LogP contribution in [0.25, 0.3) is 122 Å². The van der Waals surface area contributed by atoms with Gasteiger partial charge >= 0.3 is 0 Å². The summed E-state index contributed by atoms with van der Waals surface area (Å²) in [7, 11) is 0. The summed E-state index contributed by atoms with van der Waals surface area (Å²) in [6.45, 7) is 6.61. The summed E-state index contributed by atoms with van der Waals surface area (Å²) >= 11 is 0. The van der Waals surface area contributed by atoms with E-state index in [4.69, 9.17) is 13.8 Å². The van der Waals surface area contributed by atoms with E-state index >= 15 is 0 Å². The van der Waals surface area contributed by atoms with E-state index in [9.17, 15) is 2.74 Å². The summed E-state index contributed by atoms with van der Waals surface area (Å²) in [4.78, 5) is 4.89. The third kappa shape index (κ3) is 7.34. The minimum absolute atomic E-state index is 0. The smallest absolute Gasteiger partial charge is 0.268 e. The molecular weight excluding hydrogens is 1120 g/mol. The van der Waals surface area contributed by atoms with Crippen molar-refractivity contribution < 1.29 is 37.2 Å². The van der Waals surface area contributed by atoms with E-state index in [2.05, 4.69) is 186 Å². The molecule has 1 aliphatic rings. The third-order valence-corrected chi connectivity index (χ3v) is 15.0. The molecule has 0 saturated carbocycles. The first-order chi connectivity index (χ1) is 39.4. The Bertz CT molecular complexity index is 4910. The van der Waals surface area contributed by atoms with Crippen LogP contribution >= 0.6 is 0 Å². The van der Waals surface area contributed by atoms with Gasteiger partial charge in [0.05, 0.1) is 40.3 Å². The Morgan fingerprint density at radius 1 is 0.519 bits per heavy atom. The summed E-state index contributed by atoms with van der Waals surface area (Å²) < 4.78 is 60.5. The number of hydrogen-bond acceptors (Lipinski definition) is 2. The fourth-order valence-corrected chi connectivity index (χ4v) is 11.6. The van der Waals surface area contributed by atoms with Crippen LogP contribution in [-0.2, 0) is 26.5 Å². The SMILES string of the molecule is [2H]c1c([2H])c([2H])c(-c2cccc3c2-c2cccc4c2[n+]([c-]n4-c2[c-]c(Oc4[c-]c5c(cc4)c4ccccc4n5-c4cc(C(C)(C)C)ccn4)ccc2)-c2c(cccc2-n2c4ccccc4c4ccccc42)-c2ccccc2-3)c([2H])c1[2H].[Pt]. The van der Waals surface area contributed by atoms with E-state index in [1.54, 1.807) is 0 Å². The average Bonchev–Trinajstić information content (AvgIpc) is 3.15. The van der Waals surface area contributed by atoms with E-state index in [-0.39, 0.29) is 44.1 Å². The fraction of sp³-hybridized carbons (Fsp3) is 0.0571. The average molecular weight is 1170 g/mol. The molecule has 4 aromatic heterocycles.